The lowest BCUT2D eigenvalue weighted by molar-refractivity contribution is -0.141. The SMILES string of the molecule is CCN1CCC2(CCN(C(=O)Cc3ccccc3)CC2)CC1=O. The number of piperidine rings is 2. The fraction of sp³-hybridized carbons (Fsp3) is 0.579. The predicted octanol–water partition coefficient (Wildman–Crippen LogP) is 2.48. The van der Waals surface area contributed by atoms with Crippen molar-refractivity contribution in [2.75, 3.05) is 26.2 Å². The lowest BCUT2D eigenvalue weighted by atomic mass is 9.71. The minimum atomic E-state index is 0.145. The molecule has 2 heterocycles. The van der Waals surface area contributed by atoms with Crippen molar-refractivity contribution >= 4 is 11.8 Å². The van der Waals surface area contributed by atoms with Crippen molar-refractivity contribution in [2.45, 2.75) is 39.0 Å². The second kappa shape index (κ2) is 6.73. The summed E-state index contributed by atoms with van der Waals surface area (Å²) in [6.45, 7) is 5.33. The molecule has 4 heteroatoms. The number of hydrogen-bond donors (Lipinski definition) is 0. The number of carbonyl (C=O) groups excluding carboxylic acids is 2. The van der Waals surface area contributed by atoms with Crippen LogP contribution in [0.15, 0.2) is 30.3 Å². The van der Waals surface area contributed by atoms with Gasteiger partial charge in [-0.3, -0.25) is 9.59 Å². The van der Waals surface area contributed by atoms with E-state index in [0.29, 0.717) is 18.7 Å². The fourth-order valence-corrected chi connectivity index (χ4v) is 3.89. The zero-order valence-corrected chi connectivity index (χ0v) is 14.0. The topological polar surface area (TPSA) is 40.6 Å². The van der Waals surface area contributed by atoms with Crippen LogP contribution in [-0.2, 0) is 16.0 Å². The summed E-state index contributed by atoms with van der Waals surface area (Å²) in [5.41, 5.74) is 1.22. The van der Waals surface area contributed by atoms with Crippen LogP contribution < -0.4 is 0 Å². The Balaban J connectivity index is 1.54. The van der Waals surface area contributed by atoms with Crippen LogP contribution in [-0.4, -0.2) is 47.8 Å². The summed E-state index contributed by atoms with van der Waals surface area (Å²) in [6.07, 6.45) is 4.18. The second-order valence-corrected chi connectivity index (χ2v) is 6.94. The molecule has 1 aromatic rings. The van der Waals surface area contributed by atoms with Crippen molar-refractivity contribution in [3.63, 3.8) is 0 Å². The van der Waals surface area contributed by atoms with Gasteiger partial charge in [-0.15, -0.1) is 0 Å². The van der Waals surface area contributed by atoms with E-state index in [1.807, 2.05) is 47.1 Å². The highest BCUT2D eigenvalue weighted by atomic mass is 16.2. The standard InChI is InChI=1S/C19H26N2O2/c1-2-20-11-8-19(15-18(20)23)9-12-21(13-10-19)17(22)14-16-6-4-3-5-7-16/h3-7H,2,8-15H2,1H3. The first-order chi connectivity index (χ1) is 11.1. The van der Waals surface area contributed by atoms with Crippen LogP contribution in [0.3, 0.4) is 0 Å². The van der Waals surface area contributed by atoms with E-state index in [1.54, 1.807) is 0 Å². The third-order valence-corrected chi connectivity index (χ3v) is 5.55. The van der Waals surface area contributed by atoms with Gasteiger partial charge >= 0.3 is 0 Å². The van der Waals surface area contributed by atoms with Crippen molar-refractivity contribution in [3.8, 4) is 0 Å². The van der Waals surface area contributed by atoms with Gasteiger partial charge in [0.25, 0.3) is 0 Å². The molecule has 0 unspecified atom stereocenters. The molecule has 0 N–H and O–H groups in total. The number of rotatable bonds is 3. The monoisotopic (exact) mass is 314 g/mol. The summed E-state index contributed by atoms with van der Waals surface area (Å²) < 4.78 is 0. The molecule has 2 aliphatic rings. The van der Waals surface area contributed by atoms with Crippen LogP contribution >= 0.6 is 0 Å². The average Bonchev–Trinajstić information content (AvgIpc) is 2.56. The van der Waals surface area contributed by atoms with Crippen molar-refractivity contribution in [1.82, 2.24) is 9.80 Å². The zero-order valence-electron chi connectivity index (χ0n) is 14.0. The maximum atomic E-state index is 12.5. The number of nitrogens with zero attached hydrogens (tertiary/aromatic N) is 2. The van der Waals surface area contributed by atoms with E-state index in [9.17, 15) is 9.59 Å². The van der Waals surface area contributed by atoms with Crippen LogP contribution in [0.25, 0.3) is 0 Å². The molecule has 0 aromatic heterocycles. The van der Waals surface area contributed by atoms with Crippen molar-refractivity contribution in [3.05, 3.63) is 35.9 Å². The molecule has 2 aliphatic heterocycles. The fourth-order valence-electron chi connectivity index (χ4n) is 3.89. The molecule has 23 heavy (non-hydrogen) atoms. The molecule has 1 spiro atoms. The van der Waals surface area contributed by atoms with E-state index in [2.05, 4.69) is 0 Å². The largest absolute Gasteiger partial charge is 0.343 e. The van der Waals surface area contributed by atoms with E-state index in [4.69, 9.17) is 0 Å². The molecule has 0 atom stereocenters. The van der Waals surface area contributed by atoms with E-state index in [1.165, 1.54) is 0 Å². The average molecular weight is 314 g/mol. The second-order valence-electron chi connectivity index (χ2n) is 6.94. The quantitative estimate of drug-likeness (QED) is 0.860. The highest BCUT2D eigenvalue weighted by Crippen LogP contribution is 2.41. The van der Waals surface area contributed by atoms with Crippen LogP contribution in [0.4, 0.5) is 0 Å². The Morgan fingerprint density at radius 1 is 1.09 bits per heavy atom. The van der Waals surface area contributed by atoms with Crippen LogP contribution in [0, 0.1) is 5.41 Å². The number of likely N-dealkylation sites (tertiary alicyclic amines) is 2. The minimum absolute atomic E-state index is 0.145. The lowest BCUT2D eigenvalue weighted by Gasteiger charge is -2.46. The maximum absolute atomic E-state index is 12.5. The van der Waals surface area contributed by atoms with Crippen molar-refractivity contribution in [2.24, 2.45) is 5.41 Å². The lowest BCUT2D eigenvalue weighted by Crippen LogP contribution is -2.50. The van der Waals surface area contributed by atoms with Gasteiger partial charge in [0.15, 0.2) is 0 Å². The molecule has 0 radical (unpaired) electrons. The van der Waals surface area contributed by atoms with E-state index >= 15 is 0 Å². The maximum Gasteiger partial charge on any atom is 0.226 e. The van der Waals surface area contributed by atoms with Gasteiger partial charge in [-0.25, -0.2) is 0 Å². The zero-order chi connectivity index (χ0) is 16.3. The molecular weight excluding hydrogens is 288 g/mol. The first-order valence-corrected chi connectivity index (χ1v) is 8.71. The molecule has 0 saturated carbocycles. The molecule has 4 nitrogen and oxygen atoms in total. The first-order valence-electron chi connectivity index (χ1n) is 8.71. The smallest absolute Gasteiger partial charge is 0.226 e. The van der Waals surface area contributed by atoms with E-state index in [0.717, 1.165) is 51.0 Å². The molecule has 3 rings (SSSR count). The number of benzene rings is 1. The molecule has 0 aliphatic carbocycles. The Morgan fingerprint density at radius 2 is 1.74 bits per heavy atom. The molecule has 124 valence electrons. The highest BCUT2D eigenvalue weighted by molar-refractivity contribution is 5.79. The van der Waals surface area contributed by atoms with Gasteiger partial charge in [0, 0.05) is 32.6 Å². The van der Waals surface area contributed by atoms with Gasteiger partial charge in [0.1, 0.15) is 0 Å². The molecule has 2 amide bonds. The van der Waals surface area contributed by atoms with Crippen LogP contribution in [0.5, 0.6) is 0 Å². The van der Waals surface area contributed by atoms with E-state index < -0.39 is 0 Å². The third kappa shape index (κ3) is 3.57. The van der Waals surface area contributed by atoms with Gasteiger partial charge in [0.2, 0.25) is 11.8 Å². The Morgan fingerprint density at radius 3 is 2.35 bits per heavy atom. The molecule has 2 fully saturated rings. The number of carbonyl (C=O) groups is 2. The predicted molar refractivity (Wildman–Crippen MR) is 89.9 cm³/mol. The Hall–Kier alpha value is -1.84. The summed E-state index contributed by atoms with van der Waals surface area (Å²) in [4.78, 5) is 28.6. The summed E-state index contributed by atoms with van der Waals surface area (Å²) in [6, 6.07) is 9.92. The van der Waals surface area contributed by atoms with Crippen molar-refractivity contribution < 1.29 is 9.59 Å². The van der Waals surface area contributed by atoms with Gasteiger partial charge < -0.3 is 9.80 Å². The molecular formula is C19H26N2O2. The van der Waals surface area contributed by atoms with Crippen LogP contribution in [0.2, 0.25) is 0 Å². The number of hydrogen-bond acceptors (Lipinski definition) is 2. The van der Waals surface area contributed by atoms with Crippen LogP contribution in [0.1, 0.15) is 38.2 Å². The summed E-state index contributed by atoms with van der Waals surface area (Å²) in [5.74, 6) is 0.506. The summed E-state index contributed by atoms with van der Waals surface area (Å²) >= 11 is 0. The summed E-state index contributed by atoms with van der Waals surface area (Å²) in [5, 5.41) is 0. The van der Waals surface area contributed by atoms with Crippen molar-refractivity contribution in [1.29, 1.82) is 0 Å². The Bertz CT molecular complexity index is 562. The Labute approximate surface area is 138 Å². The normalized spacial score (nSPS) is 20.8. The molecule has 1 aromatic carbocycles. The third-order valence-electron chi connectivity index (χ3n) is 5.55. The van der Waals surface area contributed by atoms with Gasteiger partial charge in [-0.05, 0) is 37.2 Å². The summed E-state index contributed by atoms with van der Waals surface area (Å²) in [7, 11) is 0. The van der Waals surface area contributed by atoms with Gasteiger partial charge in [-0.2, -0.15) is 0 Å². The number of amides is 2. The Kier molecular flexibility index (Phi) is 4.69. The van der Waals surface area contributed by atoms with Gasteiger partial charge in [-0.1, -0.05) is 30.3 Å². The van der Waals surface area contributed by atoms with E-state index in [-0.39, 0.29) is 11.3 Å². The highest BCUT2D eigenvalue weighted by Gasteiger charge is 2.41. The molecule has 2 saturated heterocycles. The first kappa shape index (κ1) is 16.0. The minimum Gasteiger partial charge on any atom is -0.343 e. The van der Waals surface area contributed by atoms with Gasteiger partial charge in [0.05, 0.1) is 6.42 Å². The molecule has 0 bridgehead atoms.